The van der Waals surface area contributed by atoms with Gasteiger partial charge in [0.05, 0.1) is 11.9 Å². The van der Waals surface area contributed by atoms with Gasteiger partial charge in [-0.05, 0) is 35.9 Å². The van der Waals surface area contributed by atoms with Crippen molar-refractivity contribution in [2.24, 2.45) is 0 Å². The maximum atomic E-state index is 11.9. The minimum absolute atomic E-state index is 0.338. The average molecular weight is 353 g/mol. The average Bonchev–Trinajstić information content (AvgIpc) is 2.63. The van der Waals surface area contributed by atoms with E-state index in [4.69, 9.17) is 11.6 Å². The number of hydrogen-bond acceptors (Lipinski definition) is 3. The quantitative estimate of drug-likeness (QED) is 0.606. The fourth-order valence-electron chi connectivity index (χ4n) is 2.21. The van der Waals surface area contributed by atoms with Crippen molar-refractivity contribution in [1.82, 2.24) is 4.98 Å². The van der Waals surface area contributed by atoms with Gasteiger partial charge in [0.25, 0.3) is 0 Å². The van der Waals surface area contributed by atoms with Gasteiger partial charge in [0.15, 0.2) is 0 Å². The summed E-state index contributed by atoms with van der Waals surface area (Å²) in [4.78, 5) is 16.2. The van der Waals surface area contributed by atoms with Gasteiger partial charge in [-0.1, -0.05) is 48.0 Å². The molecule has 0 aliphatic heterocycles. The summed E-state index contributed by atoms with van der Waals surface area (Å²) in [5.74, 6) is 0.469. The summed E-state index contributed by atoms with van der Waals surface area (Å²) >= 11 is 6.13. The van der Waals surface area contributed by atoms with Crippen LogP contribution in [0.3, 0.4) is 0 Å². The molecule has 0 saturated heterocycles. The van der Waals surface area contributed by atoms with E-state index in [1.165, 1.54) is 0 Å². The molecule has 0 spiro atoms. The van der Waals surface area contributed by atoms with Gasteiger partial charge < -0.3 is 10.6 Å². The molecule has 0 aliphatic carbocycles. The summed E-state index contributed by atoms with van der Waals surface area (Å²) in [5, 5.41) is 9.40. The molecule has 3 rings (SSSR count). The van der Waals surface area contributed by atoms with Gasteiger partial charge in [-0.15, -0.1) is 0 Å². The maximum Gasteiger partial charge on any atom is 0.324 e. The first-order valence-corrected chi connectivity index (χ1v) is 8.15. The zero-order valence-electron chi connectivity index (χ0n) is 13.4. The van der Waals surface area contributed by atoms with Crippen LogP contribution in [0.15, 0.2) is 72.9 Å². The molecule has 0 bridgehead atoms. The monoisotopic (exact) mass is 352 g/mol. The van der Waals surface area contributed by atoms with Crippen LogP contribution < -0.4 is 16.0 Å². The van der Waals surface area contributed by atoms with Gasteiger partial charge in [-0.25, -0.2) is 9.78 Å². The number of hydrogen-bond donors (Lipinski definition) is 3. The molecule has 0 atom stereocenters. The number of urea groups is 1. The van der Waals surface area contributed by atoms with Crippen LogP contribution in [0.5, 0.6) is 0 Å². The zero-order chi connectivity index (χ0) is 17.5. The van der Waals surface area contributed by atoms with E-state index in [1.54, 1.807) is 12.3 Å². The maximum absolute atomic E-state index is 11.9. The minimum atomic E-state index is -0.338. The Morgan fingerprint density at radius 1 is 0.880 bits per heavy atom. The molecule has 1 aromatic heterocycles. The lowest BCUT2D eigenvalue weighted by Gasteiger charge is -2.09. The van der Waals surface area contributed by atoms with Gasteiger partial charge in [-0.3, -0.25) is 5.32 Å². The second kappa shape index (κ2) is 8.17. The van der Waals surface area contributed by atoms with Crippen LogP contribution in [0.4, 0.5) is 22.0 Å². The molecule has 25 heavy (non-hydrogen) atoms. The Labute approximate surface area is 151 Å². The number of benzene rings is 2. The van der Waals surface area contributed by atoms with Crippen molar-refractivity contribution in [2.45, 2.75) is 6.54 Å². The Morgan fingerprint density at radius 2 is 1.64 bits per heavy atom. The van der Waals surface area contributed by atoms with Crippen LogP contribution >= 0.6 is 11.6 Å². The van der Waals surface area contributed by atoms with Gasteiger partial charge >= 0.3 is 6.03 Å². The number of pyridine rings is 1. The third kappa shape index (κ3) is 4.96. The molecule has 1 heterocycles. The number of rotatable bonds is 5. The molecule has 0 radical (unpaired) electrons. The van der Waals surface area contributed by atoms with Crippen molar-refractivity contribution in [3.63, 3.8) is 0 Å². The summed E-state index contributed by atoms with van der Waals surface area (Å²) in [6, 6.07) is 20.1. The molecular weight excluding hydrogens is 336 g/mol. The second-order valence-electron chi connectivity index (χ2n) is 5.32. The Bertz CT molecular complexity index is 838. The highest BCUT2D eigenvalue weighted by atomic mass is 35.5. The first-order chi connectivity index (χ1) is 12.2. The number of anilines is 3. The highest BCUT2D eigenvalue weighted by molar-refractivity contribution is 6.31. The van der Waals surface area contributed by atoms with E-state index in [0.29, 0.717) is 12.4 Å². The summed E-state index contributed by atoms with van der Waals surface area (Å²) in [6.45, 7) is 0.600. The molecule has 126 valence electrons. The van der Waals surface area contributed by atoms with E-state index in [0.717, 1.165) is 22.0 Å². The van der Waals surface area contributed by atoms with Crippen LogP contribution in [0.2, 0.25) is 5.02 Å². The summed E-state index contributed by atoms with van der Waals surface area (Å²) < 4.78 is 0. The Balaban J connectivity index is 1.53. The van der Waals surface area contributed by atoms with Gasteiger partial charge in [0.2, 0.25) is 0 Å². The standard InChI is InChI=1S/C19H17ClN4O/c20-17-9-5-4-6-14(17)12-21-16-10-11-18(22-13-16)24-19(25)23-15-7-2-1-3-8-15/h1-11,13,21H,12H2,(H2,22,23,24,25). The predicted molar refractivity (Wildman–Crippen MR) is 102 cm³/mol. The normalized spacial score (nSPS) is 10.1. The fourth-order valence-corrected chi connectivity index (χ4v) is 2.41. The molecule has 5 nitrogen and oxygen atoms in total. The summed E-state index contributed by atoms with van der Waals surface area (Å²) in [5.41, 5.74) is 2.57. The molecule has 3 N–H and O–H groups in total. The van der Waals surface area contributed by atoms with Crippen LogP contribution in [0.1, 0.15) is 5.56 Å². The number of aromatic nitrogens is 1. The number of halogens is 1. The Morgan fingerprint density at radius 3 is 2.36 bits per heavy atom. The minimum Gasteiger partial charge on any atom is -0.380 e. The van der Waals surface area contributed by atoms with E-state index in [9.17, 15) is 4.79 Å². The molecule has 2 aromatic carbocycles. The second-order valence-corrected chi connectivity index (χ2v) is 5.73. The molecule has 0 fully saturated rings. The largest absolute Gasteiger partial charge is 0.380 e. The smallest absolute Gasteiger partial charge is 0.324 e. The molecule has 0 saturated carbocycles. The van der Waals surface area contributed by atoms with E-state index >= 15 is 0 Å². The number of nitrogens with one attached hydrogen (secondary N) is 3. The molecular formula is C19H17ClN4O. The number of carbonyl (C=O) groups is 1. The third-order valence-electron chi connectivity index (χ3n) is 3.48. The Hall–Kier alpha value is -3.05. The van der Waals surface area contributed by atoms with Crippen molar-refractivity contribution in [3.8, 4) is 0 Å². The van der Waals surface area contributed by atoms with Crippen molar-refractivity contribution < 1.29 is 4.79 Å². The lowest BCUT2D eigenvalue weighted by Crippen LogP contribution is -2.20. The van der Waals surface area contributed by atoms with Crippen molar-refractivity contribution in [2.75, 3.05) is 16.0 Å². The topological polar surface area (TPSA) is 66.1 Å². The number of para-hydroxylation sites is 1. The molecule has 3 aromatic rings. The van der Waals surface area contributed by atoms with Crippen LogP contribution in [0.25, 0.3) is 0 Å². The first-order valence-electron chi connectivity index (χ1n) is 7.77. The van der Waals surface area contributed by atoms with Crippen molar-refractivity contribution >= 4 is 34.8 Å². The number of carbonyl (C=O) groups excluding carboxylic acids is 1. The zero-order valence-corrected chi connectivity index (χ0v) is 14.1. The van der Waals surface area contributed by atoms with Gasteiger partial charge in [0.1, 0.15) is 5.82 Å². The highest BCUT2D eigenvalue weighted by Gasteiger charge is 2.04. The molecule has 0 aliphatic rings. The van der Waals surface area contributed by atoms with Crippen LogP contribution in [-0.2, 0) is 6.54 Å². The summed E-state index contributed by atoms with van der Waals surface area (Å²) in [7, 11) is 0. The molecule has 2 amide bonds. The van der Waals surface area contributed by atoms with Gasteiger partial charge in [0, 0.05) is 17.3 Å². The van der Waals surface area contributed by atoms with Crippen LogP contribution in [-0.4, -0.2) is 11.0 Å². The first kappa shape index (κ1) is 16.8. The van der Waals surface area contributed by atoms with Crippen molar-refractivity contribution in [3.05, 3.63) is 83.5 Å². The van der Waals surface area contributed by atoms with E-state index in [1.807, 2.05) is 60.7 Å². The van der Waals surface area contributed by atoms with E-state index < -0.39 is 0 Å². The highest BCUT2D eigenvalue weighted by Crippen LogP contribution is 2.17. The number of nitrogens with zero attached hydrogens (tertiary/aromatic N) is 1. The fraction of sp³-hybridized carbons (Fsp3) is 0.0526. The van der Waals surface area contributed by atoms with Gasteiger partial charge in [-0.2, -0.15) is 0 Å². The predicted octanol–water partition coefficient (Wildman–Crippen LogP) is 4.99. The summed E-state index contributed by atoms with van der Waals surface area (Å²) in [6.07, 6.45) is 1.66. The number of amides is 2. The lowest BCUT2D eigenvalue weighted by molar-refractivity contribution is 0.262. The third-order valence-corrected chi connectivity index (χ3v) is 3.85. The SMILES string of the molecule is O=C(Nc1ccccc1)Nc1ccc(NCc2ccccc2Cl)cn1. The van der Waals surface area contributed by atoms with Crippen LogP contribution in [0, 0.1) is 0 Å². The van der Waals surface area contributed by atoms with Crippen molar-refractivity contribution in [1.29, 1.82) is 0 Å². The molecule has 0 unspecified atom stereocenters. The van der Waals surface area contributed by atoms with E-state index in [2.05, 4.69) is 20.9 Å². The lowest BCUT2D eigenvalue weighted by atomic mass is 10.2. The molecule has 6 heteroatoms. The Kier molecular flexibility index (Phi) is 5.49. The van der Waals surface area contributed by atoms with E-state index in [-0.39, 0.29) is 6.03 Å².